The summed E-state index contributed by atoms with van der Waals surface area (Å²) in [6.07, 6.45) is 9.21. The second-order valence-corrected chi connectivity index (χ2v) is 10.5. The second-order valence-electron chi connectivity index (χ2n) is 10.5. The number of carbonyl (C=O) groups is 1. The molecule has 3 heterocycles. The van der Waals surface area contributed by atoms with Crippen LogP contribution in [0.3, 0.4) is 0 Å². The molecule has 1 N–H and O–H groups in total. The number of fused-ring (bicyclic) bond motifs is 2. The van der Waals surface area contributed by atoms with Gasteiger partial charge in [-0.2, -0.15) is 0 Å². The molecule has 36 heavy (non-hydrogen) atoms. The average Bonchev–Trinajstić information content (AvgIpc) is 3.39. The van der Waals surface area contributed by atoms with Gasteiger partial charge in [0.2, 0.25) is 0 Å². The quantitative estimate of drug-likeness (QED) is 0.549. The Hall–Kier alpha value is -2.67. The van der Waals surface area contributed by atoms with E-state index in [1.807, 2.05) is 29.3 Å². The third kappa shape index (κ3) is 5.51. The lowest BCUT2D eigenvalue weighted by Gasteiger charge is -2.46. The van der Waals surface area contributed by atoms with Crippen LogP contribution in [-0.2, 0) is 0 Å². The van der Waals surface area contributed by atoms with Crippen LogP contribution in [0.5, 0.6) is 5.75 Å². The zero-order valence-corrected chi connectivity index (χ0v) is 21.6. The van der Waals surface area contributed by atoms with Crippen LogP contribution in [0.25, 0.3) is 0 Å². The minimum absolute atomic E-state index is 0.0203. The standard InChI is InChI=1S/C30H40N4O2/c1-3-17-32-20-16-26-9-7-10-27(22-32)34(26)29(25-8-6-11-28(21-25)36-2)23-12-14-24(15-13-23)30(35)31-33-18-4-5-19-33/h3,6,8,11-15,21,26-27,29H,1,4-5,7,9-10,16-20,22H2,2H3,(H,31,35). The number of ether oxygens (including phenoxy) is 1. The van der Waals surface area contributed by atoms with E-state index in [4.69, 9.17) is 4.74 Å². The molecule has 3 atom stereocenters. The van der Waals surface area contributed by atoms with Gasteiger partial charge in [-0.25, -0.2) is 5.01 Å². The first-order chi connectivity index (χ1) is 17.7. The van der Waals surface area contributed by atoms with Gasteiger partial charge >= 0.3 is 0 Å². The van der Waals surface area contributed by atoms with Gasteiger partial charge in [-0.15, -0.1) is 6.58 Å². The van der Waals surface area contributed by atoms with Crippen LogP contribution in [0.4, 0.5) is 0 Å². The lowest BCUT2D eigenvalue weighted by molar-refractivity contribution is 0.0562. The van der Waals surface area contributed by atoms with Crippen molar-refractivity contribution in [3.63, 3.8) is 0 Å². The maximum Gasteiger partial charge on any atom is 0.265 e. The van der Waals surface area contributed by atoms with Gasteiger partial charge in [0.15, 0.2) is 0 Å². The number of hydrogen-bond acceptors (Lipinski definition) is 5. The minimum atomic E-state index is -0.0203. The van der Waals surface area contributed by atoms with Crippen molar-refractivity contribution < 1.29 is 9.53 Å². The fourth-order valence-corrected chi connectivity index (χ4v) is 6.36. The zero-order chi connectivity index (χ0) is 24.9. The molecule has 3 fully saturated rings. The Labute approximate surface area is 215 Å². The maximum absolute atomic E-state index is 12.8. The summed E-state index contributed by atoms with van der Waals surface area (Å²) in [5, 5.41) is 2.03. The number of rotatable bonds is 8. The van der Waals surface area contributed by atoms with Crippen LogP contribution in [0, 0.1) is 0 Å². The van der Waals surface area contributed by atoms with E-state index >= 15 is 0 Å². The minimum Gasteiger partial charge on any atom is -0.497 e. The summed E-state index contributed by atoms with van der Waals surface area (Å²) in [7, 11) is 1.73. The third-order valence-corrected chi connectivity index (χ3v) is 8.11. The highest BCUT2D eigenvalue weighted by atomic mass is 16.5. The molecular weight excluding hydrogens is 448 g/mol. The smallest absolute Gasteiger partial charge is 0.265 e. The average molecular weight is 489 g/mol. The molecule has 0 spiro atoms. The Morgan fingerprint density at radius 3 is 2.56 bits per heavy atom. The van der Waals surface area contributed by atoms with Gasteiger partial charge in [0, 0.05) is 50.4 Å². The molecule has 6 nitrogen and oxygen atoms in total. The first kappa shape index (κ1) is 25.0. The van der Waals surface area contributed by atoms with Gasteiger partial charge in [-0.1, -0.05) is 36.8 Å². The Bertz CT molecular complexity index is 1030. The Balaban J connectivity index is 1.47. The summed E-state index contributed by atoms with van der Waals surface area (Å²) >= 11 is 0. The summed E-state index contributed by atoms with van der Waals surface area (Å²) in [6, 6.07) is 18.0. The first-order valence-corrected chi connectivity index (χ1v) is 13.6. The predicted octanol–water partition coefficient (Wildman–Crippen LogP) is 4.64. The normalized spacial score (nSPS) is 24.1. The van der Waals surface area contributed by atoms with Crippen LogP contribution >= 0.6 is 0 Å². The van der Waals surface area contributed by atoms with Crippen LogP contribution in [0.1, 0.15) is 66.1 Å². The van der Waals surface area contributed by atoms with Gasteiger partial charge in [-0.3, -0.25) is 20.0 Å². The molecule has 0 saturated carbocycles. The molecule has 3 aliphatic rings. The summed E-state index contributed by atoms with van der Waals surface area (Å²) in [5.74, 6) is 0.862. The maximum atomic E-state index is 12.8. The molecule has 2 aromatic rings. The molecule has 3 aliphatic heterocycles. The van der Waals surface area contributed by atoms with E-state index in [0.29, 0.717) is 17.6 Å². The highest BCUT2D eigenvalue weighted by Gasteiger charge is 2.39. The number of nitrogens with one attached hydrogen (secondary N) is 1. The van der Waals surface area contributed by atoms with E-state index in [1.54, 1.807) is 7.11 Å². The first-order valence-electron chi connectivity index (χ1n) is 13.6. The SMILES string of the molecule is C=CCN1CCC2CCCC(C1)N2C(c1ccc(C(=O)NN2CCCC2)cc1)c1cccc(OC)c1. The molecule has 2 aromatic carbocycles. The van der Waals surface area contributed by atoms with E-state index in [9.17, 15) is 4.79 Å². The van der Waals surface area contributed by atoms with Crippen LogP contribution in [0.2, 0.25) is 0 Å². The number of carbonyl (C=O) groups excluding carboxylic acids is 1. The molecule has 0 radical (unpaired) electrons. The summed E-state index contributed by atoms with van der Waals surface area (Å²) < 4.78 is 5.61. The molecular formula is C30H40N4O2. The number of piperidine rings is 1. The highest BCUT2D eigenvalue weighted by molar-refractivity contribution is 5.93. The van der Waals surface area contributed by atoms with E-state index in [2.05, 4.69) is 52.1 Å². The number of methoxy groups -OCH3 is 1. The molecule has 3 unspecified atom stereocenters. The number of hydrogen-bond donors (Lipinski definition) is 1. The molecule has 192 valence electrons. The lowest BCUT2D eigenvalue weighted by Crippen LogP contribution is -2.50. The second kappa shape index (κ2) is 11.6. The summed E-state index contributed by atoms with van der Waals surface area (Å²) in [4.78, 5) is 18.2. The van der Waals surface area contributed by atoms with Crippen molar-refractivity contribution in [2.75, 3.05) is 39.8 Å². The van der Waals surface area contributed by atoms with Gasteiger partial charge in [0.05, 0.1) is 13.2 Å². The fraction of sp³-hybridized carbons (Fsp3) is 0.500. The predicted molar refractivity (Wildman–Crippen MR) is 144 cm³/mol. The van der Waals surface area contributed by atoms with Crippen molar-refractivity contribution >= 4 is 5.91 Å². The van der Waals surface area contributed by atoms with Crippen molar-refractivity contribution in [1.82, 2.24) is 20.2 Å². The van der Waals surface area contributed by atoms with Crippen molar-refractivity contribution in [3.8, 4) is 5.75 Å². The van der Waals surface area contributed by atoms with Gasteiger partial charge in [0.25, 0.3) is 5.91 Å². The van der Waals surface area contributed by atoms with Crippen molar-refractivity contribution in [2.45, 2.75) is 56.7 Å². The van der Waals surface area contributed by atoms with Gasteiger partial charge < -0.3 is 4.74 Å². The Kier molecular flexibility index (Phi) is 8.05. The molecule has 2 bridgehead atoms. The van der Waals surface area contributed by atoms with Crippen molar-refractivity contribution in [1.29, 1.82) is 0 Å². The number of hydrazine groups is 1. The van der Waals surface area contributed by atoms with E-state index in [0.717, 1.165) is 51.3 Å². The van der Waals surface area contributed by atoms with E-state index < -0.39 is 0 Å². The molecule has 5 rings (SSSR count). The fourth-order valence-electron chi connectivity index (χ4n) is 6.36. The van der Waals surface area contributed by atoms with E-state index in [1.165, 1.54) is 36.8 Å². The van der Waals surface area contributed by atoms with Crippen molar-refractivity contribution in [3.05, 3.63) is 77.9 Å². The van der Waals surface area contributed by atoms with Gasteiger partial charge in [0.1, 0.15) is 5.75 Å². The third-order valence-electron chi connectivity index (χ3n) is 8.11. The Morgan fingerprint density at radius 2 is 1.81 bits per heavy atom. The monoisotopic (exact) mass is 488 g/mol. The van der Waals surface area contributed by atoms with Crippen LogP contribution in [0.15, 0.2) is 61.2 Å². The van der Waals surface area contributed by atoms with E-state index in [-0.39, 0.29) is 11.9 Å². The topological polar surface area (TPSA) is 48.0 Å². The Morgan fingerprint density at radius 1 is 1.03 bits per heavy atom. The van der Waals surface area contributed by atoms with Crippen LogP contribution in [-0.4, -0.2) is 72.6 Å². The zero-order valence-electron chi connectivity index (χ0n) is 21.6. The number of benzene rings is 2. The molecule has 0 aromatic heterocycles. The molecule has 3 saturated heterocycles. The largest absolute Gasteiger partial charge is 0.497 e. The molecule has 6 heteroatoms. The van der Waals surface area contributed by atoms with Crippen LogP contribution < -0.4 is 10.2 Å². The lowest BCUT2D eigenvalue weighted by atomic mass is 9.87. The number of amides is 1. The van der Waals surface area contributed by atoms with Crippen molar-refractivity contribution in [2.24, 2.45) is 0 Å². The highest BCUT2D eigenvalue weighted by Crippen LogP contribution is 2.40. The molecule has 0 aliphatic carbocycles. The number of nitrogens with zero attached hydrogens (tertiary/aromatic N) is 3. The molecule has 1 amide bonds. The van der Waals surface area contributed by atoms with Gasteiger partial charge in [-0.05, 0) is 67.5 Å². The summed E-state index contributed by atoms with van der Waals surface area (Å²) in [5.41, 5.74) is 6.26. The summed E-state index contributed by atoms with van der Waals surface area (Å²) in [6.45, 7) is 8.98.